The fourth-order valence-corrected chi connectivity index (χ4v) is 3.02. The minimum Gasteiger partial charge on any atom is -0.281 e. The maximum Gasteiger partial charge on any atom is 0.0924 e. The van der Waals surface area contributed by atoms with E-state index < -0.39 is 0 Å². The van der Waals surface area contributed by atoms with Gasteiger partial charge in [-0.3, -0.25) is 5.10 Å². The highest BCUT2D eigenvalue weighted by Crippen LogP contribution is 2.38. The Morgan fingerprint density at radius 2 is 1.85 bits per heavy atom. The van der Waals surface area contributed by atoms with Gasteiger partial charge in [-0.05, 0) is 40.8 Å². The lowest BCUT2D eigenvalue weighted by Crippen LogP contribution is -1.83. The first kappa shape index (κ1) is 11.7. The second-order valence-corrected chi connectivity index (χ2v) is 5.39. The first-order valence-electron chi connectivity index (χ1n) is 6.67. The summed E-state index contributed by atoms with van der Waals surface area (Å²) in [5.41, 5.74) is 8.53. The fourth-order valence-electron chi connectivity index (χ4n) is 2.88. The second-order valence-electron chi connectivity index (χ2n) is 5.12. The third kappa shape index (κ3) is 1.76. The molecule has 1 heterocycles. The van der Waals surface area contributed by atoms with Gasteiger partial charge in [-0.15, -0.1) is 11.6 Å². The number of hydrogen-bond donors (Lipinski definition) is 1. The number of rotatable bonds is 2. The number of alkyl halides is 1. The molecule has 2 nitrogen and oxygen atoms in total. The minimum absolute atomic E-state index is 0.462. The summed E-state index contributed by atoms with van der Waals surface area (Å²) < 4.78 is 0. The highest BCUT2D eigenvalue weighted by atomic mass is 35.5. The van der Waals surface area contributed by atoms with Crippen molar-refractivity contribution in [3.63, 3.8) is 0 Å². The highest BCUT2D eigenvalue weighted by Gasteiger charge is 2.18. The lowest BCUT2D eigenvalue weighted by atomic mass is 10.0. The van der Waals surface area contributed by atoms with Crippen molar-refractivity contribution in [1.29, 1.82) is 0 Å². The average molecular weight is 281 g/mol. The third-order valence-electron chi connectivity index (χ3n) is 3.86. The molecule has 1 aliphatic carbocycles. The molecule has 3 heteroatoms. The van der Waals surface area contributed by atoms with Crippen LogP contribution in [0.1, 0.15) is 16.8 Å². The van der Waals surface area contributed by atoms with E-state index >= 15 is 0 Å². The molecule has 4 rings (SSSR count). The SMILES string of the molecule is ClCc1cc(-c2ccc3c(c2)Cc2ccccc2-3)n[nH]1. The predicted octanol–water partition coefficient (Wildman–Crippen LogP) is 4.39. The van der Waals surface area contributed by atoms with Crippen LogP contribution < -0.4 is 0 Å². The summed E-state index contributed by atoms with van der Waals surface area (Å²) in [4.78, 5) is 0. The molecule has 1 aliphatic rings. The first-order chi connectivity index (χ1) is 9.85. The van der Waals surface area contributed by atoms with Gasteiger partial charge in [0, 0.05) is 5.56 Å². The van der Waals surface area contributed by atoms with Crippen molar-refractivity contribution >= 4 is 11.6 Å². The van der Waals surface area contributed by atoms with Gasteiger partial charge in [-0.25, -0.2) is 0 Å². The van der Waals surface area contributed by atoms with E-state index in [1.54, 1.807) is 0 Å². The van der Waals surface area contributed by atoms with E-state index in [2.05, 4.69) is 52.7 Å². The molecule has 0 saturated heterocycles. The standard InChI is InChI=1S/C17H13ClN2/c18-10-14-9-17(20-19-14)12-5-6-16-13(8-12)7-11-3-1-2-4-15(11)16/h1-6,8-9H,7,10H2,(H,19,20). The number of hydrogen-bond acceptors (Lipinski definition) is 1. The molecule has 0 amide bonds. The fraction of sp³-hybridized carbons (Fsp3) is 0.118. The van der Waals surface area contributed by atoms with Crippen LogP contribution in [0.15, 0.2) is 48.5 Å². The van der Waals surface area contributed by atoms with Crippen LogP contribution in [-0.2, 0) is 12.3 Å². The zero-order chi connectivity index (χ0) is 13.5. The van der Waals surface area contributed by atoms with Gasteiger partial charge in [0.1, 0.15) is 0 Å². The molecule has 0 unspecified atom stereocenters. The Morgan fingerprint density at radius 3 is 2.70 bits per heavy atom. The number of aromatic nitrogens is 2. The zero-order valence-electron chi connectivity index (χ0n) is 10.9. The van der Waals surface area contributed by atoms with Crippen molar-refractivity contribution in [3.8, 4) is 22.4 Å². The van der Waals surface area contributed by atoms with E-state index in [1.807, 2.05) is 6.07 Å². The molecular formula is C17H13ClN2. The van der Waals surface area contributed by atoms with Crippen LogP contribution in [0.5, 0.6) is 0 Å². The summed E-state index contributed by atoms with van der Waals surface area (Å²) in [5.74, 6) is 0.462. The number of halogens is 1. The predicted molar refractivity (Wildman–Crippen MR) is 81.8 cm³/mol. The number of benzene rings is 2. The van der Waals surface area contributed by atoms with Gasteiger partial charge in [0.2, 0.25) is 0 Å². The molecule has 0 saturated carbocycles. The second kappa shape index (κ2) is 4.50. The van der Waals surface area contributed by atoms with Gasteiger partial charge in [0.15, 0.2) is 0 Å². The van der Waals surface area contributed by atoms with Crippen molar-refractivity contribution in [2.45, 2.75) is 12.3 Å². The van der Waals surface area contributed by atoms with Gasteiger partial charge in [-0.1, -0.05) is 36.4 Å². The van der Waals surface area contributed by atoms with E-state index in [-0.39, 0.29) is 0 Å². The Labute approximate surface area is 122 Å². The summed E-state index contributed by atoms with van der Waals surface area (Å²) in [6, 6.07) is 17.2. The van der Waals surface area contributed by atoms with Crippen molar-refractivity contribution in [2.75, 3.05) is 0 Å². The molecule has 20 heavy (non-hydrogen) atoms. The molecule has 0 radical (unpaired) electrons. The molecule has 0 fully saturated rings. The van der Waals surface area contributed by atoms with Gasteiger partial charge >= 0.3 is 0 Å². The monoisotopic (exact) mass is 280 g/mol. The van der Waals surface area contributed by atoms with Crippen molar-refractivity contribution in [3.05, 3.63) is 65.4 Å². The minimum atomic E-state index is 0.462. The van der Waals surface area contributed by atoms with Crippen molar-refractivity contribution in [2.24, 2.45) is 0 Å². The summed E-state index contributed by atoms with van der Waals surface area (Å²) in [5, 5.41) is 7.28. The van der Waals surface area contributed by atoms with E-state index in [9.17, 15) is 0 Å². The summed E-state index contributed by atoms with van der Waals surface area (Å²) >= 11 is 5.81. The number of H-pyrrole nitrogens is 1. The number of nitrogens with one attached hydrogen (secondary N) is 1. The Balaban J connectivity index is 1.78. The summed E-state index contributed by atoms with van der Waals surface area (Å²) in [6.45, 7) is 0. The van der Waals surface area contributed by atoms with Gasteiger partial charge < -0.3 is 0 Å². The summed E-state index contributed by atoms with van der Waals surface area (Å²) in [6.07, 6.45) is 1.01. The lowest BCUT2D eigenvalue weighted by molar-refractivity contribution is 1.04. The van der Waals surface area contributed by atoms with Crippen LogP contribution in [-0.4, -0.2) is 10.2 Å². The molecule has 1 aromatic heterocycles. The molecule has 0 atom stereocenters. The van der Waals surface area contributed by atoms with Gasteiger partial charge in [0.25, 0.3) is 0 Å². The van der Waals surface area contributed by atoms with Crippen LogP contribution in [0, 0.1) is 0 Å². The Hall–Kier alpha value is -2.06. The number of aromatic amines is 1. The molecule has 0 aliphatic heterocycles. The first-order valence-corrected chi connectivity index (χ1v) is 7.20. The normalized spacial score (nSPS) is 12.2. The third-order valence-corrected chi connectivity index (χ3v) is 4.15. The summed E-state index contributed by atoms with van der Waals surface area (Å²) in [7, 11) is 0. The number of fused-ring (bicyclic) bond motifs is 3. The average Bonchev–Trinajstić information content (AvgIpc) is 3.10. The molecule has 3 aromatic rings. The van der Waals surface area contributed by atoms with Crippen LogP contribution in [0.4, 0.5) is 0 Å². The van der Waals surface area contributed by atoms with E-state index in [0.717, 1.165) is 23.4 Å². The smallest absolute Gasteiger partial charge is 0.0924 e. The van der Waals surface area contributed by atoms with Gasteiger partial charge in [0.05, 0.1) is 17.3 Å². The quantitative estimate of drug-likeness (QED) is 0.542. The van der Waals surface area contributed by atoms with Crippen LogP contribution in [0.25, 0.3) is 22.4 Å². The Kier molecular flexibility index (Phi) is 2.64. The largest absolute Gasteiger partial charge is 0.281 e. The topological polar surface area (TPSA) is 28.7 Å². The zero-order valence-corrected chi connectivity index (χ0v) is 11.6. The number of nitrogens with zero attached hydrogens (tertiary/aromatic N) is 1. The maximum atomic E-state index is 5.81. The maximum absolute atomic E-state index is 5.81. The molecule has 0 spiro atoms. The molecule has 98 valence electrons. The molecule has 2 aromatic carbocycles. The van der Waals surface area contributed by atoms with Crippen LogP contribution >= 0.6 is 11.6 Å². The van der Waals surface area contributed by atoms with Crippen LogP contribution in [0.3, 0.4) is 0 Å². The van der Waals surface area contributed by atoms with E-state index in [1.165, 1.54) is 22.3 Å². The molecular weight excluding hydrogens is 268 g/mol. The van der Waals surface area contributed by atoms with Crippen molar-refractivity contribution in [1.82, 2.24) is 10.2 Å². The highest BCUT2D eigenvalue weighted by molar-refractivity contribution is 6.16. The molecule has 1 N–H and O–H groups in total. The lowest BCUT2D eigenvalue weighted by Gasteiger charge is -2.03. The van der Waals surface area contributed by atoms with Crippen LogP contribution in [0.2, 0.25) is 0 Å². The van der Waals surface area contributed by atoms with Crippen molar-refractivity contribution < 1.29 is 0 Å². The van der Waals surface area contributed by atoms with Gasteiger partial charge in [-0.2, -0.15) is 5.10 Å². The van der Waals surface area contributed by atoms with E-state index in [4.69, 9.17) is 11.6 Å². The molecule has 0 bridgehead atoms. The Morgan fingerprint density at radius 1 is 1.00 bits per heavy atom. The Bertz CT molecular complexity index is 789. The van der Waals surface area contributed by atoms with E-state index in [0.29, 0.717) is 5.88 Å².